The third kappa shape index (κ3) is 7.54. The molecule has 0 bridgehead atoms. The van der Waals surface area contributed by atoms with Crippen LogP contribution in [0.4, 0.5) is 28.0 Å². The van der Waals surface area contributed by atoms with Gasteiger partial charge < -0.3 is 25.5 Å². The fourth-order valence-corrected chi connectivity index (χ4v) is 4.15. The third-order valence-electron chi connectivity index (χ3n) is 5.71. The molecule has 2 aromatic carbocycles. The number of alkyl halides is 3. The van der Waals surface area contributed by atoms with E-state index in [9.17, 15) is 32.3 Å². The maximum absolute atomic E-state index is 13.1. The number of thiocarbonyl (C=S) groups is 1. The minimum absolute atomic E-state index is 0.133. The number of carbonyl (C=O) groups excluding carboxylic acids is 1. The number of hydrogen-bond acceptors (Lipinski definition) is 3. The smallest absolute Gasteiger partial charge is 0.416 e. The lowest BCUT2D eigenvalue weighted by Gasteiger charge is -2.28. The Morgan fingerprint density at radius 2 is 1.83 bits per heavy atom. The molecule has 0 saturated carbocycles. The van der Waals surface area contributed by atoms with Gasteiger partial charge >= 0.3 is 18.2 Å². The molecule has 7 nitrogen and oxygen atoms in total. The van der Waals surface area contributed by atoms with E-state index >= 15 is 0 Å². The lowest BCUT2D eigenvalue weighted by molar-refractivity contribution is -0.138. The highest BCUT2D eigenvalue weighted by Crippen LogP contribution is 2.34. The molecule has 1 atom stereocenters. The van der Waals surface area contributed by atoms with Crippen molar-refractivity contribution in [1.29, 1.82) is 0 Å². The Hall–Kier alpha value is -3.41. The molecule has 0 radical (unpaired) electrons. The highest BCUT2D eigenvalue weighted by Gasteiger charge is 2.37. The summed E-state index contributed by atoms with van der Waals surface area (Å²) in [5.74, 6) is -1.56. The van der Waals surface area contributed by atoms with Gasteiger partial charge in [0.15, 0.2) is 5.11 Å². The molecule has 2 amide bonds. The largest absolute Gasteiger partial charge is 0.481 e. The number of unbranched alkanes of at least 4 members (excludes halogenated alkanes) is 1. The van der Waals surface area contributed by atoms with E-state index in [-0.39, 0.29) is 17.9 Å². The molecule has 0 aromatic heterocycles. The number of carboxylic acid groups (broad SMARTS) is 1. The van der Waals surface area contributed by atoms with Gasteiger partial charge in [0.1, 0.15) is 5.82 Å². The molecule has 1 fully saturated rings. The monoisotopic (exact) mass is 526 g/mol. The van der Waals surface area contributed by atoms with Gasteiger partial charge in [0.2, 0.25) is 0 Å². The van der Waals surface area contributed by atoms with Crippen LogP contribution < -0.4 is 10.6 Å². The molecule has 0 spiro atoms. The Morgan fingerprint density at radius 3 is 2.50 bits per heavy atom. The van der Waals surface area contributed by atoms with Crippen molar-refractivity contribution in [2.75, 3.05) is 31.5 Å². The second kappa shape index (κ2) is 12.0. The van der Waals surface area contributed by atoms with Gasteiger partial charge in [-0.2, -0.15) is 13.2 Å². The summed E-state index contributed by atoms with van der Waals surface area (Å²) in [6, 6.07) is 8.78. The maximum Gasteiger partial charge on any atom is 0.416 e. The predicted molar refractivity (Wildman–Crippen MR) is 130 cm³/mol. The Morgan fingerprint density at radius 1 is 1.11 bits per heavy atom. The van der Waals surface area contributed by atoms with Crippen molar-refractivity contribution in [3.63, 3.8) is 0 Å². The summed E-state index contributed by atoms with van der Waals surface area (Å²) in [5.41, 5.74) is -0.111. The van der Waals surface area contributed by atoms with Crippen molar-refractivity contribution >= 4 is 35.0 Å². The van der Waals surface area contributed by atoms with Gasteiger partial charge in [-0.05, 0) is 67.0 Å². The lowest BCUT2D eigenvalue weighted by atomic mass is 10.00. The zero-order valence-corrected chi connectivity index (χ0v) is 20.0. The number of rotatable bonds is 10. The SMILES string of the molecule is O=C(O)CC(c1cccc(C(F)(F)F)c1)N1CCN(CCCCNC(=S)Nc2ccc(F)cc2)C1=O. The Bertz CT molecular complexity index is 1080. The predicted octanol–water partition coefficient (Wildman–Crippen LogP) is 4.86. The molecule has 2 aromatic rings. The van der Waals surface area contributed by atoms with Crippen LogP contribution in [0.1, 0.15) is 36.4 Å². The zero-order chi connectivity index (χ0) is 26.3. The van der Waals surface area contributed by atoms with Crippen LogP contribution in [0.3, 0.4) is 0 Å². The summed E-state index contributed by atoms with van der Waals surface area (Å²) >= 11 is 5.20. The molecule has 1 heterocycles. The number of nitrogens with one attached hydrogen (secondary N) is 2. The average Bonchev–Trinajstić information content (AvgIpc) is 3.18. The van der Waals surface area contributed by atoms with Crippen molar-refractivity contribution in [3.05, 3.63) is 65.5 Å². The summed E-state index contributed by atoms with van der Waals surface area (Å²) in [4.78, 5) is 27.3. The van der Waals surface area contributed by atoms with Gasteiger partial charge in [0.25, 0.3) is 0 Å². The van der Waals surface area contributed by atoms with Crippen molar-refractivity contribution in [1.82, 2.24) is 15.1 Å². The quantitative estimate of drug-likeness (QED) is 0.233. The molecule has 0 aliphatic carbocycles. The first-order chi connectivity index (χ1) is 17.0. The van der Waals surface area contributed by atoms with E-state index in [0.717, 1.165) is 12.1 Å². The van der Waals surface area contributed by atoms with Crippen LogP contribution in [-0.4, -0.2) is 58.2 Å². The van der Waals surface area contributed by atoms with Gasteiger partial charge in [0.05, 0.1) is 18.0 Å². The van der Waals surface area contributed by atoms with Crippen molar-refractivity contribution < 1.29 is 32.3 Å². The highest BCUT2D eigenvalue weighted by atomic mass is 32.1. The van der Waals surface area contributed by atoms with Crippen molar-refractivity contribution in [2.24, 2.45) is 0 Å². The molecule has 1 aliphatic heterocycles. The molecule has 1 aliphatic rings. The maximum atomic E-state index is 13.1. The minimum atomic E-state index is -4.57. The van der Waals surface area contributed by atoms with E-state index in [4.69, 9.17) is 12.2 Å². The average molecular weight is 527 g/mol. The minimum Gasteiger partial charge on any atom is -0.481 e. The third-order valence-corrected chi connectivity index (χ3v) is 5.96. The first-order valence-electron chi connectivity index (χ1n) is 11.3. The second-order valence-corrected chi connectivity index (χ2v) is 8.70. The fraction of sp³-hybridized carbons (Fsp3) is 0.375. The standard InChI is InChI=1S/C24H26F4N4O3S/c25-18-6-8-19(9-7-18)30-22(36)29-10-1-2-11-31-12-13-32(23(31)35)20(15-21(33)34)16-4-3-5-17(14-16)24(26,27)28/h3-9,14,20H,1-2,10-13,15H2,(H,33,34)(H2,29,30,36). The number of nitrogens with zero attached hydrogens (tertiary/aromatic N) is 2. The summed E-state index contributed by atoms with van der Waals surface area (Å²) in [6.45, 7) is 1.52. The van der Waals surface area contributed by atoms with Crippen LogP contribution in [-0.2, 0) is 11.0 Å². The van der Waals surface area contributed by atoms with E-state index in [1.807, 2.05) is 0 Å². The van der Waals surface area contributed by atoms with Crippen molar-refractivity contribution in [3.8, 4) is 0 Å². The van der Waals surface area contributed by atoms with Crippen LogP contribution in [0.15, 0.2) is 48.5 Å². The van der Waals surface area contributed by atoms with Gasteiger partial charge in [-0.1, -0.05) is 12.1 Å². The topological polar surface area (TPSA) is 84.9 Å². The summed E-state index contributed by atoms with van der Waals surface area (Å²) in [5, 5.41) is 15.7. The first-order valence-corrected chi connectivity index (χ1v) is 11.7. The number of anilines is 1. The van der Waals surface area contributed by atoms with Crippen molar-refractivity contribution in [2.45, 2.75) is 31.5 Å². The van der Waals surface area contributed by atoms with Crippen LogP contribution in [0.25, 0.3) is 0 Å². The van der Waals surface area contributed by atoms with E-state index < -0.39 is 36.2 Å². The van der Waals surface area contributed by atoms with Gasteiger partial charge in [-0.15, -0.1) is 0 Å². The molecule has 3 rings (SSSR count). The molecule has 12 heteroatoms. The lowest BCUT2D eigenvalue weighted by Crippen LogP contribution is -2.36. The number of amides is 2. The number of hydrogen-bond donors (Lipinski definition) is 3. The zero-order valence-electron chi connectivity index (χ0n) is 19.2. The normalized spacial score (nSPS) is 14.6. The number of carbonyl (C=O) groups is 2. The van der Waals surface area contributed by atoms with Crippen LogP contribution in [0.2, 0.25) is 0 Å². The number of carboxylic acids is 1. The molecule has 1 saturated heterocycles. The van der Waals surface area contributed by atoms with Gasteiger partial charge in [-0.25, -0.2) is 9.18 Å². The molecular weight excluding hydrogens is 500 g/mol. The molecule has 3 N–H and O–H groups in total. The molecule has 36 heavy (non-hydrogen) atoms. The van der Waals surface area contributed by atoms with E-state index in [2.05, 4.69) is 10.6 Å². The Balaban J connectivity index is 1.50. The fourth-order valence-electron chi connectivity index (χ4n) is 3.93. The highest BCUT2D eigenvalue weighted by molar-refractivity contribution is 7.80. The van der Waals surface area contributed by atoms with Gasteiger partial charge in [0, 0.05) is 31.9 Å². The number of aliphatic carboxylic acids is 1. The summed E-state index contributed by atoms with van der Waals surface area (Å²) < 4.78 is 52.4. The Kier molecular flexibility index (Phi) is 9.08. The van der Waals surface area contributed by atoms with Crippen LogP contribution in [0, 0.1) is 5.82 Å². The second-order valence-electron chi connectivity index (χ2n) is 8.29. The van der Waals surface area contributed by atoms with Crippen LogP contribution in [0.5, 0.6) is 0 Å². The van der Waals surface area contributed by atoms with E-state index in [1.165, 1.54) is 29.2 Å². The number of urea groups is 1. The van der Waals surface area contributed by atoms with E-state index in [1.54, 1.807) is 17.0 Å². The van der Waals surface area contributed by atoms with Crippen LogP contribution >= 0.6 is 12.2 Å². The number of halogens is 4. The van der Waals surface area contributed by atoms with E-state index in [0.29, 0.717) is 43.3 Å². The summed E-state index contributed by atoms with van der Waals surface area (Å²) in [6.07, 6.45) is -3.75. The molecular formula is C24H26F4N4O3S. The summed E-state index contributed by atoms with van der Waals surface area (Å²) in [7, 11) is 0. The first kappa shape index (κ1) is 27.2. The van der Waals surface area contributed by atoms with Gasteiger partial charge in [-0.3, -0.25) is 4.79 Å². The number of benzene rings is 2. The molecule has 1 unspecified atom stereocenters. The Labute approximate surface area is 211 Å². The molecule has 194 valence electrons.